The molecule has 3 aliphatic heterocycles. The van der Waals surface area contributed by atoms with Gasteiger partial charge in [0.2, 0.25) is 35.5 Å². The van der Waals surface area contributed by atoms with Gasteiger partial charge >= 0.3 is 0 Å². The molecule has 5 heterocycles. The van der Waals surface area contributed by atoms with E-state index in [1.807, 2.05) is 90.2 Å². The Labute approximate surface area is 491 Å². The Hall–Kier alpha value is -6.91. The SMILES string of the molecule is CSC[C@@H](C)NC(=O)C(CCCNC(=O)CCC12CCCC(CCNC(=O)CCC(=O)N3Cc4ccccc4/C=C\c4ccccc43)(CCC1)SS2)NC(=O)CC[C@@H](C)NC(=O)c1ccc(NCc2cnc3nc(N)[nH]c(=O)c3n2)cc1. The van der Waals surface area contributed by atoms with Crippen molar-refractivity contribution in [2.24, 2.45) is 0 Å². The summed E-state index contributed by atoms with van der Waals surface area (Å²) in [7, 11) is 3.87. The molecule has 2 aromatic heterocycles. The molecule has 5 aromatic rings. The van der Waals surface area contributed by atoms with Crippen LogP contribution in [-0.2, 0) is 37.1 Å². The Morgan fingerprint density at radius 1 is 0.744 bits per heavy atom. The smallest absolute Gasteiger partial charge is 0.280 e. The fraction of sp³-hybridized carbons (Fsp3) is 0.467. The number of nitrogen functional groups attached to an aromatic ring is 1. The fourth-order valence-electron chi connectivity index (χ4n) is 10.7. The van der Waals surface area contributed by atoms with Gasteiger partial charge in [-0.3, -0.25) is 38.5 Å². The van der Waals surface area contributed by atoms with Crippen molar-refractivity contribution >= 4 is 109 Å². The van der Waals surface area contributed by atoms with Crippen LogP contribution in [0.15, 0.2) is 83.8 Å². The Bertz CT molecular complexity index is 3150. The van der Waals surface area contributed by atoms with E-state index in [0.717, 1.165) is 79.4 Å². The molecule has 2 bridgehead atoms. The lowest BCUT2D eigenvalue weighted by Crippen LogP contribution is -2.50. The third-order valence-corrected chi connectivity index (χ3v) is 20.5. The number of anilines is 3. The van der Waals surface area contributed by atoms with Gasteiger partial charge in [0.25, 0.3) is 11.5 Å². The van der Waals surface area contributed by atoms with Gasteiger partial charge in [0.1, 0.15) is 6.04 Å². The van der Waals surface area contributed by atoms with Crippen LogP contribution in [0.2, 0.25) is 0 Å². The minimum Gasteiger partial charge on any atom is -0.379 e. The number of aromatic nitrogens is 4. The van der Waals surface area contributed by atoms with Crippen LogP contribution in [-0.4, -0.2) is 108 Å². The number of hydrogen-bond acceptors (Lipinski definition) is 15. The normalized spacial score (nSPS) is 18.8. The summed E-state index contributed by atoms with van der Waals surface area (Å²) in [6.07, 6.45) is 17.4. The Morgan fingerprint density at radius 3 is 2.18 bits per heavy atom. The lowest BCUT2D eigenvalue weighted by atomic mass is 9.81. The molecular formula is C60H76N12O7S3. The zero-order chi connectivity index (χ0) is 58.1. The van der Waals surface area contributed by atoms with E-state index in [2.05, 4.69) is 64.0 Å². The van der Waals surface area contributed by atoms with Crippen LogP contribution in [0.4, 0.5) is 17.3 Å². The summed E-state index contributed by atoms with van der Waals surface area (Å²) < 4.78 is 0.0320. The number of hydrogen-bond donors (Lipinski definition) is 8. The van der Waals surface area contributed by atoms with E-state index in [0.29, 0.717) is 62.3 Å². The molecule has 3 aromatic carbocycles. The molecule has 22 heteroatoms. The van der Waals surface area contributed by atoms with Crippen molar-refractivity contribution in [1.82, 2.24) is 46.5 Å². The predicted molar refractivity (Wildman–Crippen MR) is 330 cm³/mol. The number of amides is 6. The van der Waals surface area contributed by atoms with Gasteiger partial charge in [-0.25, -0.2) is 9.97 Å². The minimum atomic E-state index is -0.796. The first kappa shape index (κ1) is 61.2. The second kappa shape index (κ2) is 29.4. The van der Waals surface area contributed by atoms with Crippen LogP contribution in [0.3, 0.4) is 0 Å². The molecule has 0 spiro atoms. The van der Waals surface area contributed by atoms with Crippen molar-refractivity contribution in [1.29, 1.82) is 0 Å². The largest absolute Gasteiger partial charge is 0.379 e. The molecule has 8 rings (SSSR count). The van der Waals surface area contributed by atoms with Crippen molar-refractivity contribution in [3.63, 3.8) is 0 Å². The highest BCUT2D eigenvalue weighted by Crippen LogP contribution is 2.60. The van der Waals surface area contributed by atoms with Gasteiger partial charge in [-0.15, -0.1) is 0 Å². The first-order valence-corrected chi connectivity index (χ1v) is 31.9. The molecule has 436 valence electrons. The van der Waals surface area contributed by atoms with Gasteiger partial charge in [0.15, 0.2) is 11.2 Å². The number of H-pyrrole nitrogens is 1. The number of para-hydroxylation sites is 1. The molecule has 9 N–H and O–H groups in total. The average molecular weight is 1170 g/mol. The maximum absolute atomic E-state index is 13.7. The summed E-state index contributed by atoms with van der Waals surface area (Å²) in [5.41, 5.74) is 10.9. The van der Waals surface area contributed by atoms with E-state index in [9.17, 15) is 33.6 Å². The van der Waals surface area contributed by atoms with E-state index >= 15 is 0 Å². The molecule has 3 aliphatic rings. The summed E-state index contributed by atoms with van der Waals surface area (Å²) in [6, 6.07) is 21.6. The van der Waals surface area contributed by atoms with Crippen LogP contribution < -0.4 is 48.1 Å². The third-order valence-electron chi connectivity index (χ3n) is 15.3. The van der Waals surface area contributed by atoms with Gasteiger partial charge in [-0.05, 0) is 125 Å². The number of carbonyl (C=O) groups is 6. The van der Waals surface area contributed by atoms with Crippen LogP contribution in [0.5, 0.6) is 0 Å². The molecule has 2 saturated heterocycles. The lowest BCUT2D eigenvalue weighted by molar-refractivity contribution is -0.129. The molecule has 6 amide bonds. The molecule has 3 atom stereocenters. The van der Waals surface area contributed by atoms with Gasteiger partial charge in [0, 0.05) is 77.4 Å². The molecule has 0 aliphatic carbocycles. The quantitative estimate of drug-likeness (QED) is 0.0192. The number of nitrogens with two attached hydrogens (primary N) is 1. The third kappa shape index (κ3) is 17.3. The number of thioether (sulfide) groups is 1. The van der Waals surface area contributed by atoms with Crippen LogP contribution in [0.1, 0.15) is 143 Å². The second-order valence-electron chi connectivity index (χ2n) is 21.7. The highest BCUT2D eigenvalue weighted by molar-refractivity contribution is 8.77. The molecule has 0 radical (unpaired) electrons. The highest BCUT2D eigenvalue weighted by Gasteiger charge is 2.44. The van der Waals surface area contributed by atoms with Crippen molar-refractivity contribution in [2.75, 3.05) is 41.0 Å². The zero-order valence-corrected chi connectivity index (χ0v) is 49.4. The monoisotopic (exact) mass is 1170 g/mol. The second-order valence-corrected chi connectivity index (χ2v) is 25.7. The number of nitrogens with one attached hydrogen (secondary N) is 7. The van der Waals surface area contributed by atoms with E-state index in [1.165, 1.54) is 6.20 Å². The number of carbonyl (C=O) groups excluding carboxylic acids is 6. The van der Waals surface area contributed by atoms with Crippen molar-refractivity contribution in [2.45, 2.75) is 151 Å². The van der Waals surface area contributed by atoms with Crippen LogP contribution in [0.25, 0.3) is 23.3 Å². The topological polar surface area (TPSA) is 275 Å². The molecule has 19 nitrogen and oxygen atoms in total. The molecule has 0 saturated carbocycles. The van der Waals surface area contributed by atoms with E-state index < -0.39 is 11.6 Å². The minimum absolute atomic E-state index is 0.00640. The molecule has 2 fully saturated rings. The van der Waals surface area contributed by atoms with Gasteiger partial charge in [-0.2, -0.15) is 16.7 Å². The van der Waals surface area contributed by atoms with E-state index in [1.54, 1.807) is 40.9 Å². The summed E-state index contributed by atoms with van der Waals surface area (Å²) >= 11 is 1.61. The van der Waals surface area contributed by atoms with Crippen molar-refractivity contribution in [3.8, 4) is 0 Å². The molecule has 82 heavy (non-hydrogen) atoms. The van der Waals surface area contributed by atoms with Gasteiger partial charge in [-0.1, -0.05) is 89.0 Å². The number of nitrogens with zero attached hydrogens (tertiary/aromatic N) is 4. The Kier molecular flexibility index (Phi) is 21.9. The fourth-order valence-corrected chi connectivity index (χ4v) is 15.5. The highest BCUT2D eigenvalue weighted by atomic mass is 33.1. The van der Waals surface area contributed by atoms with Gasteiger partial charge < -0.3 is 42.5 Å². The molecular weight excluding hydrogens is 1100 g/mol. The zero-order valence-electron chi connectivity index (χ0n) is 47.0. The van der Waals surface area contributed by atoms with Crippen LogP contribution >= 0.6 is 33.3 Å². The summed E-state index contributed by atoms with van der Waals surface area (Å²) in [5.74, 6) is -0.443. The van der Waals surface area contributed by atoms with E-state index in [-0.39, 0.29) is 99.9 Å². The standard InChI is InChI=1S/C60H76N12O7S3/c1-39(66-55(77)43-19-21-45(22-20-43)64-35-46-36-65-54-53(68-46)57(79)71-58(61)70-54)16-23-51(75)69-47(56(78)67-40(2)38-80-3)14-8-33-62-50(74)26-31-59-27-9-29-60(82-81-59,30-10-28-59)32-34-63-49(73)24-25-52(76)72-37-44-13-5-4-11-41(44)17-18-42-12-6-7-15-48(42)72/h4-7,11-13,15,17-22,36,39-40,47,64H,8-10,14,16,23-35,37-38H2,1-3H3,(H,62,74)(H,63,73)(H,66,77)(H,67,78)(H,69,75)(H3,61,65,70,71,79)/b18-17-/t39-,40-,47?,59?,60?/m1/s1. The Morgan fingerprint density at radius 2 is 1.43 bits per heavy atom. The Balaban J connectivity index is 0.726. The van der Waals surface area contributed by atoms with Crippen molar-refractivity contribution < 1.29 is 28.8 Å². The summed E-state index contributed by atoms with van der Waals surface area (Å²) in [6.45, 7) is 5.37. The van der Waals surface area contributed by atoms with Crippen molar-refractivity contribution in [3.05, 3.63) is 117 Å². The first-order valence-electron chi connectivity index (χ1n) is 28.4. The number of benzene rings is 3. The van der Waals surface area contributed by atoms with E-state index in [4.69, 9.17) is 5.73 Å². The maximum Gasteiger partial charge on any atom is 0.280 e. The van der Waals surface area contributed by atoms with Gasteiger partial charge in [0.05, 0.1) is 30.7 Å². The summed E-state index contributed by atoms with van der Waals surface area (Å²) in [5, 5.41) is 18.3. The maximum atomic E-state index is 13.7. The first-order chi connectivity index (χ1) is 39.6. The number of aromatic amines is 1. The summed E-state index contributed by atoms with van der Waals surface area (Å²) in [4.78, 5) is 109. The number of rotatable bonds is 26. The van der Waals surface area contributed by atoms with Crippen LogP contribution in [0, 0.1) is 0 Å². The predicted octanol–water partition coefficient (Wildman–Crippen LogP) is 8.07. The lowest BCUT2D eigenvalue weighted by Gasteiger charge is -2.31. The number of fused-ring (bicyclic) bond motifs is 6. The average Bonchev–Trinajstić information content (AvgIpc) is 3.87. The molecule has 1 unspecified atom stereocenters.